The van der Waals surface area contributed by atoms with Gasteiger partial charge >= 0.3 is 5.97 Å². The zero-order valence-corrected chi connectivity index (χ0v) is 18.2. The molecule has 0 radical (unpaired) electrons. The highest BCUT2D eigenvalue weighted by molar-refractivity contribution is 7.99. The van der Waals surface area contributed by atoms with Crippen molar-refractivity contribution in [1.29, 1.82) is 0 Å². The predicted octanol–water partition coefficient (Wildman–Crippen LogP) is 3.52. The Bertz CT molecular complexity index is 797. The maximum Gasteiger partial charge on any atom is 0.338 e. The minimum atomic E-state index is -0.594. The van der Waals surface area contributed by atoms with Crippen molar-refractivity contribution in [3.05, 3.63) is 65.7 Å². The van der Waals surface area contributed by atoms with Gasteiger partial charge in [0.15, 0.2) is 0 Å². The summed E-state index contributed by atoms with van der Waals surface area (Å²) < 4.78 is 23.3. The number of hydrogen-bond acceptors (Lipinski definition) is 7. The molecule has 0 saturated carbocycles. The van der Waals surface area contributed by atoms with E-state index in [4.69, 9.17) is 18.9 Å². The molecule has 0 spiro atoms. The summed E-state index contributed by atoms with van der Waals surface area (Å²) in [6.07, 6.45) is 0.192. The smallest absolute Gasteiger partial charge is 0.338 e. The lowest BCUT2D eigenvalue weighted by Crippen LogP contribution is -2.56. The zero-order chi connectivity index (χ0) is 21.5. The molecule has 5 atom stereocenters. The van der Waals surface area contributed by atoms with Crippen LogP contribution in [-0.2, 0) is 20.8 Å². The van der Waals surface area contributed by atoms with Gasteiger partial charge in [-0.05, 0) is 36.1 Å². The SMILES string of the molecule is COc1ccc(CO[C@@H]2C(CO)O[C@@H](SC)C(C)[C@@H]2OC(=O)c2ccccc2)cc1. The van der Waals surface area contributed by atoms with Crippen LogP contribution in [-0.4, -0.2) is 54.8 Å². The van der Waals surface area contributed by atoms with Gasteiger partial charge in [-0.1, -0.05) is 37.3 Å². The molecule has 2 aromatic rings. The fourth-order valence-electron chi connectivity index (χ4n) is 3.51. The van der Waals surface area contributed by atoms with E-state index in [0.717, 1.165) is 11.3 Å². The fourth-order valence-corrected chi connectivity index (χ4v) is 4.35. The highest BCUT2D eigenvalue weighted by atomic mass is 32.2. The van der Waals surface area contributed by atoms with Gasteiger partial charge in [0.1, 0.15) is 29.5 Å². The van der Waals surface area contributed by atoms with Gasteiger partial charge in [0.05, 0.1) is 25.9 Å². The number of aliphatic hydroxyl groups is 1. The minimum absolute atomic E-state index is 0.115. The third-order valence-electron chi connectivity index (χ3n) is 5.21. The Labute approximate surface area is 181 Å². The normalized spacial score (nSPS) is 26.2. The highest BCUT2D eigenvalue weighted by Gasteiger charge is 2.46. The summed E-state index contributed by atoms with van der Waals surface area (Å²) >= 11 is 1.53. The Morgan fingerprint density at radius 3 is 2.40 bits per heavy atom. The molecule has 6 nitrogen and oxygen atoms in total. The van der Waals surface area contributed by atoms with Crippen LogP contribution in [0.3, 0.4) is 0 Å². The molecule has 2 unspecified atom stereocenters. The van der Waals surface area contributed by atoms with E-state index < -0.39 is 24.3 Å². The van der Waals surface area contributed by atoms with Crippen molar-refractivity contribution in [2.24, 2.45) is 5.92 Å². The van der Waals surface area contributed by atoms with Gasteiger partial charge in [0.25, 0.3) is 0 Å². The molecule has 0 aliphatic carbocycles. The first-order chi connectivity index (χ1) is 14.6. The van der Waals surface area contributed by atoms with Crippen molar-refractivity contribution >= 4 is 17.7 Å². The van der Waals surface area contributed by atoms with E-state index in [1.807, 2.05) is 43.5 Å². The van der Waals surface area contributed by atoms with E-state index in [1.54, 1.807) is 31.4 Å². The molecule has 1 N–H and O–H groups in total. The standard InChI is InChI=1S/C23H28O6S/c1-15-20(29-22(25)17-7-5-4-6-8-17)21(19(13-24)28-23(15)30-3)27-14-16-9-11-18(26-2)12-10-16/h4-12,15,19-21,23-24H,13-14H2,1-3H3/t15?,19?,20-,21+,23-/m0/s1. The average Bonchev–Trinajstić information content (AvgIpc) is 2.80. The lowest BCUT2D eigenvalue weighted by Gasteiger charge is -2.44. The summed E-state index contributed by atoms with van der Waals surface area (Å²) in [6.45, 7) is 2.04. The number of hydrogen-bond donors (Lipinski definition) is 1. The highest BCUT2D eigenvalue weighted by Crippen LogP contribution is 2.35. The lowest BCUT2D eigenvalue weighted by molar-refractivity contribution is -0.204. The second-order valence-corrected chi connectivity index (χ2v) is 8.12. The quantitative estimate of drug-likeness (QED) is 0.640. The summed E-state index contributed by atoms with van der Waals surface area (Å²) in [5.74, 6) is 0.236. The van der Waals surface area contributed by atoms with Gasteiger partial charge in [-0.25, -0.2) is 4.79 Å². The topological polar surface area (TPSA) is 74.2 Å². The van der Waals surface area contributed by atoms with Crippen LogP contribution in [0.2, 0.25) is 0 Å². The molecule has 30 heavy (non-hydrogen) atoms. The van der Waals surface area contributed by atoms with Gasteiger partial charge in [0, 0.05) is 5.92 Å². The fraction of sp³-hybridized carbons (Fsp3) is 0.435. The Morgan fingerprint density at radius 1 is 1.10 bits per heavy atom. The van der Waals surface area contributed by atoms with E-state index in [-0.39, 0.29) is 18.0 Å². The first-order valence-corrected chi connectivity index (χ1v) is 11.2. The van der Waals surface area contributed by atoms with Gasteiger partial charge in [-0.15, -0.1) is 11.8 Å². The van der Waals surface area contributed by atoms with Gasteiger partial charge < -0.3 is 24.1 Å². The van der Waals surface area contributed by atoms with Crippen LogP contribution in [0.1, 0.15) is 22.8 Å². The van der Waals surface area contributed by atoms with Crippen molar-refractivity contribution in [3.63, 3.8) is 0 Å². The molecular weight excluding hydrogens is 404 g/mol. The number of esters is 1. The van der Waals surface area contributed by atoms with E-state index in [1.165, 1.54) is 11.8 Å². The number of rotatable bonds is 8. The molecular formula is C23H28O6S. The molecule has 1 fully saturated rings. The third kappa shape index (κ3) is 5.35. The second kappa shape index (κ2) is 10.8. The van der Waals surface area contributed by atoms with E-state index in [2.05, 4.69) is 0 Å². The van der Waals surface area contributed by atoms with Crippen molar-refractivity contribution in [3.8, 4) is 5.75 Å². The van der Waals surface area contributed by atoms with Crippen LogP contribution in [0.4, 0.5) is 0 Å². The molecule has 1 saturated heterocycles. The van der Waals surface area contributed by atoms with Crippen LogP contribution >= 0.6 is 11.8 Å². The molecule has 1 heterocycles. The van der Waals surface area contributed by atoms with Crippen LogP contribution in [0.5, 0.6) is 5.75 Å². The molecule has 0 bridgehead atoms. The van der Waals surface area contributed by atoms with Crippen LogP contribution in [0.25, 0.3) is 0 Å². The van der Waals surface area contributed by atoms with Crippen LogP contribution < -0.4 is 4.74 Å². The number of methoxy groups -OCH3 is 1. The summed E-state index contributed by atoms with van der Waals surface area (Å²) in [4.78, 5) is 12.7. The van der Waals surface area contributed by atoms with E-state index >= 15 is 0 Å². The predicted molar refractivity (Wildman–Crippen MR) is 116 cm³/mol. The molecule has 3 rings (SSSR count). The van der Waals surface area contributed by atoms with Crippen molar-refractivity contribution < 1.29 is 28.8 Å². The Morgan fingerprint density at radius 2 is 1.80 bits per heavy atom. The molecule has 0 aromatic heterocycles. The summed E-state index contributed by atoms with van der Waals surface area (Å²) in [7, 11) is 1.62. The Hall–Kier alpha value is -2.06. The molecule has 7 heteroatoms. The molecule has 1 aliphatic heterocycles. The van der Waals surface area contributed by atoms with Gasteiger partial charge in [-0.3, -0.25) is 0 Å². The second-order valence-electron chi connectivity index (χ2n) is 7.18. The van der Waals surface area contributed by atoms with Crippen molar-refractivity contribution in [2.45, 2.75) is 37.3 Å². The minimum Gasteiger partial charge on any atom is -0.497 e. The Kier molecular flexibility index (Phi) is 8.16. The average molecular weight is 433 g/mol. The van der Waals surface area contributed by atoms with Crippen LogP contribution in [0.15, 0.2) is 54.6 Å². The van der Waals surface area contributed by atoms with Crippen molar-refractivity contribution in [2.75, 3.05) is 20.0 Å². The summed E-state index contributed by atoms with van der Waals surface area (Å²) in [6, 6.07) is 16.4. The number of thioether (sulfide) groups is 1. The van der Waals surface area contributed by atoms with Gasteiger partial charge in [-0.2, -0.15) is 0 Å². The van der Waals surface area contributed by atoms with Gasteiger partial charge in [0.2, 0.25) is 0 Å². The van der Waals surface area contributed by atoms with Crippen molar-refractivity contribution in [1.82, 2.24) is 0 Å². The maximum absolute atomic E-state index is 12.7. The largest absolute Gasteiger partial charge is 0.497 e. The monoisotopic (exact) mass is 432 g/mol. The number of ether oxygens (including phenoxy) is 4. The first kappa shape index (κ1) is 22.6. The number of carbonyl (C=O) groups excluding carboxylic acids is 1. The summed E-state index contributed by atoms with van der Waals surface area (Å²) in [5, 5.41) is 9.92. The first-order valence-electron chi connectivity index (χ1n) is 9.87. The molecule has 162 valence electrons. The zero-order valence-electron chi connectivity index (χ0n) is 17.4. The third-order valence-corrected chi connectivity index (χ3v) is 6.22. The molecule has 0 amide bonds. The van der Waals surface area contributed by atoms with E-state index in [0.29, 0.717) is 12.2 Å². The summed E-state index contributed by atoms with van der Waals surface area (Å²) in [5.41, 5.74) is 1.21. The molecule has 2 aromatic carbocycles. The number of carbonyl (C=O) groups is 1. The lowest BCUT2D eigenvalue weighted by atomic mass is 9.93. The van der Waals surface area contributed by atoms with Crippen LogP contribution in [0, 0.1) is 5.92 Å². The van der Waals surface area contributed by atoms with E-state index in [9.17, 15) is 9.90 Å². The molecule has 1 aliphatic rings. The Balaban J connectivity index is 1.78. The maximum atomic E-state index is 12.7. The number of aliphatic hydroxyl groups excluding tert-OH is 1. The number of benzene rings is 2.